The highest BCUT2D eigenvalue weighted by molar-refractivity contribution is 5.93. The molecule has 122 valence electrons. The summed E-state index contributed by atoms with van der Waals surface area (Å²) in [5, 5.41) is 3.67. The highest BCUT2D eigenvalue weighted by Gasteiger charge is 2.13. The van der Waals surface area contributed by atoms with Crippen LogP contribution in [0.25, 0.3) is 33.4 Å². The van der Waals surface area contributed by atoms with Gasteiger partial charge in [-0.3, -0.25) is 4.98 Å². The van der Waals surface area contributed by atoms with Crippen LogP contribution in [0.5, 0.6) is 0 Å². The number of aromatic nitrogens is 3. The van der Waals surface area contributed by atoms with Crippen LogP contribution >= 0.6 is 0 Å². The monoisotopic (exact) mass is 330 g/mol. The lowest BCUT2D eigenvalue weighted by molar-refractivity contribution is 0.633. The number of benzene rings is 2. The molecule has 4 nitrogen and oxygen atoms in total. The van der Waals surface area contributed by atoms with Crippen molar-refractivity contribution in [3.05, 3.63) is 72.8 Å². The molecule has 0 atom stereocenters. The first kappa shape index (κ1) is 15.2. The van der Waals surface area contributed by atoms with E-state index in [4.69, 9.17) is 0 Å². The maximum Gasteiger partial charge on any atom is 0.163 e. The van der Waals surface area contributed by atoms with Crippen LogP contribution in [0.15, 0.2) is 67.0 Å². The van der Waals surface area contributed by atoms with Gasteiger partial charge in [-0.1, -0.05) is 30.3 Å². The molecule has 0 radical (unpaired) electrons. The van der Waals surface area contributed by atoms with Gasteiger partial charge in [-0.15, -0.1) is 0 Å². The Balaban J connectivity index is 1.97. The zero-order valence-electron chi connectivity index (χ0n) is 13.6. The molecule has 1 N–H and O–H groups in total. The summed E-state index contributed by atoms with van der Waals surface area (Å²) >= 11 is 0. The molecular weight excluding hydrogens is 315 g/mol. The van der Waals surface area contributed by atoms with E-state index in [2.05, 4.69) is 20.3 Å². The van der Waals surface area contributed by atoms with Crippen molar-refractivity contribution >= 4 is 16.7 Å². The number of nitrogens with zero attached hydrogens (tertiary/aromatic N) is 3. The second kappa shape index (κ2) is 6.28. The first-order chi connectivity index (χ1) is 12.3. The van der Waals surface area contributed by atoms with Gasteiger partial charge in [0.25, 0.3) is 0 Å². The van der Waals surface area contributed by atoms with E-state index in [1.807, 2.05) is 42.5 Å². The molecule has 2 heterocycles. The standard InChI is InChI=1S/C20H15FN4/c1-22-20-16-10-17(21)15(13-6-3-2-4-7-13)11-18(16)24-19(25-20)14-8-5-9-23-12-14/h2-12H,1H3,(H,22,24,25). The van der Waals surface area contributed by atoms with Crippen LogP contribution in [-0.2, 0) is 0 Å². The normalized spacial score (nSPS) is 10.8. The molecule has 4 rings (SSSR count). The highest BCUT2D eigenvalue weighted by Crippen LogP contribution is 2.31. The summed E-state index contributed by atoms with van der Waals surface area (Å²) in [6, 6.07) is 16.4. The Kier molecular flexibility index (Phi) is 3.82. The van der Waals surface area contributed by atoms with Crippen LogP contribution in [0.4, 0.5) is 10.2 Å². The second-order valence-electron chi connectivity index (χ2n) is 5.60. The Hall–Kier alpha value is -3.34. The number of nitrogens with one attached hydrogen (secondary N) is 1. The van der Waals surface area contributed by atoms with Gasteiger partial charge in [0.2, 0.25) is 0 Å². The van der Waals surface area contributed by atoms with E-state index >= 15 is 0 Å². The van der Waals surface area contributed by atoms with Gasteiger partial charge in [0.1, 0.15) is 11.6 Å². The van der Waals surface area contributed by atoms with Crippen molar-refractivity contribution in [2.45, 2.75) is 0 Å². The summed E-state index contributed by atoms with van der Waals surface area (Å²) in [6.45, 7) is 0. The fourth-order valence-electron chi connectivity index (χ4n) is 2.80. The molecular formula is C20H15FN4. The van der Waals surface area contributed by atoms with E-state index in [1.165, 1.54) is 6.07 Å². The van der Waals surface area contributed by atoms with Crippen molar-refractivity contribution in [3.8, 4) is 22.5 Å². The molecule has 0 amide bonds. The van der Waals surface area contributed by atoms with Gasteiger partial charge >= 0.3 is 0 Å². The fraction of sp³-hybridized carbons (Fsp3) is 0.0500. The molecule has 0 unspecified atom stereocenters. The van der Waals surface area contributed by atoms with E-state index in [-0.39, 0.29) is 5.82 Å². The topological polar surface area (TPSA) is 50.7 Å². The number of anilines is 1. The molecule has 4 aromatic rings. The lowest BCUT2D eigenvalue weighted by atomic mass is 10.0. The van der Waals surface area contributed by atoms with Crippen molar-refractivity contribution < 1.29 is 4.39 Å². The highest BCUT2D eigenvalue weighted by atomic mass is 19.1. The zero-order valence-corrected chi connectivity index (χ0v) is 13.6. The number of hydrogen-bond donors (Lipinski definition) is 1. The maximum absolute atomic E-state index is 14.7. The van der Waals surface area contributed by atoms with Crippen molar-refractivity contribution in [3.63, 3.8) is 0 Å². The second-order valence-corrected chi connectivity index (χ2v) is 5.60. The van der Waals surface area contributed by atoms with Gasteiger partial charge in [-0.25, -0.2) is 14.4 Å². The van der Waals surface area contributed by atoms with Crippen LogP contribution in [0, 0.1) is 5.82 Å². The number of pyridine rings is 1. The average Bonchev–Trinajstić information content (AvgIpc) is 2.68. The summed E-state index contributed by atoms with van der Waals surface area (Å²) in [5.41, 5.74) is 2.82. The summed E-state index contributed by atoms with van der Waals surface area (Å²) in [4.78, 5) is 13.2. The lowest BCUT2D eigenvalue weighted by Gasteiger charge is -2.11. The molecule has 5 heteroatoms. The Bertz CT molecular complexity index is 1030. The zero-order chi connectivity index (χ0) is 17.2. The van der Waals surface area contributed by atoms with Crippen molar-refractivity contribution in [2.24, 2.45) is 0 Å². The Morgan fingerprint density at radius 1 is 0.920 bits per heavy atom. The van der Waals surface area contributed by atoms with Crippen LogP contribution in [0.2, 0.25) is 0 Å². The average molecular weight is 330 g/mol. The first-order valence-corrected chi connectivity index (χ1v) is 7.91. The number of halogens is 1. The molecule has 0 bridgehead atoms. The minimum Gasteiger partial charge on any atom is -0.373 e. The van der Waals surface area contributed by atoms with Gasteiger partial charge in [0.05, 0.1) is 5.52 Å². The predicted molar refractivity (Wildman–Crippen MR) is 97.7 cm³/mol. The molecule has 0 aliphatic rings. The van der Waals surface area contributed by atoms with Crippen LogP contribution in [0.3, 0.4) is 0 Å². The molecule has 25 heavy (non-hydrogen) atoms. The third kappa shape index (κ3) is 2.80. The summed E-state index contributed by atoms with van der Waals surface area (Å²) in [7, 11) is 1.76. The van der Waals surface area contributed by atoms with E-state index in [0.29, 0.717) is 28.1 Å². The molecule has 0 spiro atoms. The first-order valence-electron chi connectivity index (χ1n) is 7.91. The Morgan fingerprint density at radius 2 is 1.72 bits per heavy atom. The van der Waals surface area contributed by atoms with Gasteiger partial charge in [-0.05, 0) is 29.8 Å². The summed E-state index contributed by atoms with van der Waals surface area (Å²) < 4.78 is 14.7. The van der Waals surface area contributed by atoms with Gasteiger partial charge in [0.15, 0.2) is 5.82 Å². The Morgan fingerprint density at radius 3 is 2.44 bits per heavy atom. The van der Waals surface area contributed by atoms with E-state index < -0.39 is 0 Å². The van der Waals surface area contributed by atoms with Gasteiger partial charge in [0, 0.05) is 36.0 Å². The Labute approximate surface area is 144 Å². The van der Waals surface area contributed by atoms with Gasteiger partial charge < -0.3 is 5.32 Å². The van der Waals surface area contributed by atoms with Crippen molar-refractivity contribution in [2.75, 3.05) is 12.4 Å². The molecule has 0 aliphatic carbocycles. The molecule has 2 aromatic heterocycles. The third-order valence-corrected chi connectivity index (χ3v) is 4.03. The summed E-state index contributed by atoms with van der Waals surface area (Å²) in [5.74, 6) is 0.839. The number of rotatable bonds is 3. The van der Waals surface area contributed by atoms with Crippen molar-refractivity contribution in [1.29, 1.82) is 0 Å². The van der Waals surface area contributed by atoms with E-state index in [0.717, 1.165) is 11.1 Å². The SMILES string of the molecule is CNc1nc(-c2cccnc2)nc2cc(-c3ccccc3)c(F)cc12. The third-order valence-electron chi connectivity index (χ3n) is 4.03. The van der Waals surface area contributed by atoms with Gasteiger partial charge in [-0.2, -0.15) is 0 Å². The molecule has 0 saturated carbocycles. The molecule has 2 aromatic carbocycles. The minimum absolute atomic E-state index is 0.298. The fourth-order valence-corrected chi connectivity index (χ4v) is 2.80. The molecule has 0 aliphatic heterocycles. The van der Waals surface area contributed by atoms with E-state index in [1.54, 1.807) is 25.5 Å². The van der Waals surface area contributed by atoms with Crippen molar-refractivity contribution in [1.82, 2.24) is 15.0 Å². The number of fused-ring (bicyclic) bond motifs is 1. The maximum atomic E-state index is 14.7. The predicted octanol–water partition coefficient (Wildman–Crippen LogP) is 4.54. The minimum atomic E-state index is -0.298. The number of hydrogen-bond acceptors (Lipinski definition) is 4. The lowest BCUT2D eigenvalue weighted by Crippen LogP contribution is -2.00. The molecule has 0 saturated heterocycles. The quantitative estimate of drug-likeness (QED) is 0.599. The summed E-state index contributed by atoms with van der Waals surface area (Å²) in [6.07, 6.45) is 3.41. The van der Waals surface area contributed by atoms with Crippen LogP contribution in [0.1, 0.15) is 0 Å². The van der Waals surface area contributed by atoms with Crippen LogP contribution < -0.4 is 5.32 Å². The van der Waals surface area contributed by atoms with Crippen LogP contribution in [-0.4, -0.2) is 22.0 Å². The van der Waals surface area contributed by atoms with E-state index in [9.17, 15) is 4.39 Å². The smallest absolute Gasteiger partial charge is 0.163 e. The largest absolute Gasteiger partial charge is 0.373 e. The molecule has 0 fully saturated rings.